The molecule has 0 saturated carbocycles. The molecule has 2 aromatic rings. The van der Waals surface area contributed by atoms with E-state index >= 15 is 0 Å². The van der Waals surface area contributed by atoms with E-state index in [0.717, 1.165) is 11.3 Å². The smallest absolute Gasteiger partial charge is 0.238 e. The zero-order chi connectivity index (χ0) is 14.8. The fourth-order valence-electron chi connectivity index (χ4n) is 2.27. The molecule has 1 heterocycles. The minimum atomic E-state index is -0.0531. The summed E-state index contributed by atoms with van der Waals surface area (Å²) in [5, 5.41) is 9.48. The van der Waals surface area contributed by atoms with Crippen molar-refractivity contribution in [2.75, 3.05) is 10.7 Å². The Hall–Kier alpha value is -1.96. The van der Waals surface area contributed by atoms with Gasteiger partial charge < -0.3 is 0 Å². The summed E-state index contributed by atoms with van der Waals surface area (Å²) in [6.45, 7) is 0. The summed E-state index contributed by atoms with van der Waals surface area (Å²) in [5.74, 6) is 0.525. The van der Waals surface area contributed by atoms with Crippen molar-refractivity contribution >= 4 is 35.0 Å². The molecule has 3 nitrogen and oxygen atoms in total. The van der Waals surface area contributed by atoms with Crippen molar-refractivity contribution in [3.05, 3.63) is 64.7 Å². The van der Waals surface area contributed by atoms with Gasteiger partial charge in [0, 0.05) is 10.7 Å². The topological polar surface area (TPSA) is 44.1 Å². The minimum absolute atomic E-state index is 0.0531. The van der Waals surface area contributed by atoms with E-state index in [-0.39, 0.29) is 11.3 Å². The summed E-state index contributed by atoms with van der Waals surface area (Å²) in [5.41, 5.74) is 2.43. The highest BCUT2D eigenvalue weighted by Crippen LogP contribution is 2.41. The maximum Gasteiger partial charge on any atom is 0.238 e. The first-order chi connectivity index (χ1) is 10.2. The summed E-state index contributed by atoms with van der Waals surface area (Å²) < 4.78 is 0. The zero-order valence-corrected chi connectivity index (χ0v) is 12.6. The van der Waals surface area contributed by atoms with Gasteiger partial charge in [-0.15, -0.1) is 11.8 Å². The second kappa shape index (κ2) is 5.80. The van der Waals surface area contributed by atoms with Gasteiger partial charge in [0.15, 0.2) is 0 Å². The van der Waals surface area contributed by atoms with Gasteiger partial charge in [0.2, 0.25) is 5.91 Å². The van der Waals surface area contributed by atoms with E-state index in [1.807, 2.05) is 36.4 Å². The van der Waals surface area contributed by atoms with Crippen LogP contribution in [-0.4, -0.2) is 11.7 Å². The summed E-state index contributed by atoms with van der Waals surface area (Å²) in [7, 11) is 0. The van der Waals surface area contributed by atoms with Gasteiger partial charge in [-0.3, -0.25) is 9.69 Å². The van der Waals surface area contributed by atoms with Crippen molar-refractivity contribution in [2.24, 2.45) is 0 Å². The van der Waals surface area contributed by atoms with E-state index < -0.39 is 0 Å². The molecule has 1 aliphatic rings. The Balaban J connectivity index is 1.95. The highest BCUT2D eigenvalue weighted by atomic mass is 35.5. The quantitative estimate of drug-likeness (QED) is 0.842. The lowest BCUT2D eigenvalue weighted by molar-refractivity contribution is -0.115. The van der Waals surface area contributed by atoms with Gasteiger partial charge in [0.25, 0.3) is 0 Å². The van der Waals surface area contributed by atoms with Crippen LogP contribution in [-0.2, 0) is 4.79 Å². The maximum atomic E-state index is 12.2. The van der Waals surface area contributed by atoms with Gasteiger partial charge in [-0.2, -0.15) is 5.26 Å². The molecule has 0 aromatic heterocycles. The highest BCUT2D eigenvalue weighted by molar-refractivity contribution is 8.00. The molecule has 0 radical (unpaired) electrons. The number of anilines is 1. The number of benzene rings is 2. The molecule has 0 spiro atoms. The van der Waals surface area contributed by atoms with Crippen LogP contribution in [0.5, 0.6) is 0 Å². The standard InChI is InChI=1S/C16H11ClN2OS/c17-13-5-3-12(4-6-13)16-19(15(20)10-21-16)14-7-1-11(9-18)2-8-14/h1-8,16H,10H2/t16-/m0/s1. The monoisotopic (exact) mass is 314 g/mol. The zero-order valence-electron chi connectivity index (χ0n) is 11.0. The number of amides is 1. The summed E-state index contributed by atoms with van der Waals surface area (Å²) in [4.78, 5) is 14.0. The van der Waals surface area contributed by atoms with Crippen LogP contribution in [0.3, 0.4) is 0 Å². The van der Waals surface area contributed by atoms with E-state index in [1.54, 1.807) is 28.8 Å². The lowest BCUT2D eigenvalue weighted by Crippen LogP contribution is -2.27. The van der Waals surface area contributed by atoms with Crippen LogP contribution < -0.4 is 4.90 Å². The van der Waals surface area contributed by atoms with Crippen molar-refractivity contribution in [3.8, 4) is 6.07 Å². The van der Waals surface area contributed by atoms with Crippen LogP contribution >= 0.6 is 23.4 Å². The summed E-state index contributed by atoms with van der Waals surface area (Å²) >= 11 is 7.51. The molecular weight excluding hydrogens is 304 g/mol. The second-order valence-electron chi connectivity index (χ2n) is 4.64. The van der Waals surface area contributed by atoms with Crippen LogP contribution in [0.15, 0.2) is 48.5 Å². The number of hydrogen-bond acceptors (Lipinski definition) is 3. The first-order valence-electron chi connectivity index (χ1n) is 6.38. The van der Waals surface area contributed by atoms with Gasteiger partial charge in [-0.05, 0) is 42.0 Å². The number of halogens is 1. The number of nitriles is 1. The van der Waals surface area contributed by atoms with E-state index in [9.17, 15) is 4.79 Å². The number of carbonyl (C=O) groups is 1. The van der Waals surface area contributed by atoms with Crippen molar-refractivity contribution in [1.82, 2.24) is 0 Å². The van der Waals surface area contributed by atoms with Crippen LogP contribution in [0.2, 0.25) is 5.02 Å². The third kappa shape index (κ3) is 2.76. The van der Waals surface area contributed by atoms with Crippen LogP contribution in [0, 0.1) is 11.3 Å². The molecular formula is C16H11ClN2OS. The number of nitrogens with zero attached hydrogens (tertiary/aromatic N) is 2. The largest absolute Gasteiger partial charge is 0.295 e. The van der Waals surface area contributed by atoms with Crippen molar-refractivity contribution in [2.45, 2.75) is 5.37 Å². The Morgan fingerprint density at radius 2 is 1.81 bits per heavy atom. The molecule has 1 amide bonds. The molecule has 1 fully saturated rings. The summed E-state index contributed by atoms with van der Waals surface area (Å²) in [6.07, 6.45) is 0. The molecule has 0 bridgehead atoms. The molecule has 5 heteroatoms. The first-order valence-corrected chi connectivity index (χ1v) is 7.81. The van der Waals surface area contributed by atoms with Crippen LogP contribution in [0.25, 0.3) is 0 Å². The predicted octanol–water partition coefficient (Wildman–Crippen LogP) is 3.99. The highest BCUT2D eigenvalue weighted by Gasteiger charge is 2.33. The fourth-order valence-corrected chi connectivity index (χ4v) is 3.58. The maximum absolute atomic E-state index is 12.2. The fraction of sp³-hybridized carbons (Fsp3) is 0.125. The van der Waals surface area contributed by atoms with Crippen molar-refractivity contribution in [1.29, 1.82) is 5.26 Å². The second-order valence-corrected chi connectivity index (χ2v) is 6.14. The number of thioether (sulfide) groups is 1. The van der Waals surface area contributed by atoms with Gasteiger partial charge in [0.05, 0.1) is 17.4 Å². The predicted molar refractivity (Wildman–Crippen MR) is 85.3 cm³/mol. The van der Waals surface area contributed by atoms with Crippen molar-refractivity contribution in [3.63, 3.8) is 0 Å². The Kier molecular flexibility index (Phi) is 3.87. The Morgan fingerprint density at radius 3 is 2.43 bits per heavy atom. The van der Waals surface area contributed by atoms with Crippen molar-refractivity contribution < 1.29 is 4.79 Å². The molecule has 1 saturated heterocycles. The Bertz CT molecular complexity index is 707. The average molecular weight is 315 g/mol. The van der Waals surface area contributed by atoms with E-state index in [1.165, 1.54) is 0 Å². The Labute approximate surface area is 132 Å². The summed E-state index contributed by atoms with van der Waals surface area (Å²) in [6, 6.07) is 16.7. The molecule has 1 atom stereocenters. The van der Waals surface area contributed by atoms with E-state index in [2.05, 4.69) is 6.07 Å². The molecule has 0 aliphatic carbocycles. The molecule has 0 N–H and O–H groups in total. The van der Waals surface area contributed by atoms with Gasteiger partial charge in [0.1, 0.15) is 5.37 Å². The minimum Gasteiger partial charge on any atom is -0.295 e. The molecule has 21 heavy (non-hydrogen) atoms. The Morgan fingerprint density at radius 1 is 1.14 bits per heavy atom. The van der Waals surface area contributed by atoms with Gasteiger partial charge in [-0.25, -0.2) is 0 Å². The normalized spacial score (nSPS) is 17.8. The first kappa shape index (κ1) is 14.0. The SMILES string of the molecule is N#Cc1ccc(N2C(=O)CS[C@H]2c2ccc(Cl)cc2)cc1. The lowest BCUT2D eigenvalue weighted by atomic mass is 10.1. The average Bonchev–Trinajstić information content (AvgIpc) is 2.90. The lowest BCUT2D eigenvalue weighted by Gasteiger charge is -2.24. The molecule has 1 aliphatic heterocycles. The molecule has 2 aromatic carbocycles. The third-order valence-electron chi connectivity index (χ3n) is 3.30. The number of hydrogen-bond donors (Lipinski definition) is 0. The molecule has 104 valence electrons. The van der Waals surface area contributed by atoms with Gasteiger partial charge in [-0.1, -0.05) is 23.7 Å². The number of carbonyl (C=O) groups excluding carboxylic acids is 1. The number of rotatable bonds is 2. The molecule has 3 rings (SSSR count). The molecule has 0 unspecified atom stereocenters. The van der Waals surface area contributed by atoms with E-state index in [0.29, 0.717) is 16.3 Å². The van der Waals surface area contributed by atoms with Crippen LogP contribution in [0.4, 0.5) is 5.69 Å². The third-order valence-corrected chi connectivity index (χ3v) is 4.76. The van der Waals surface area contributed by atoms with Gasteiger partial charge >= 0.3 is 0 Å². The van der Waals surface area contributed by atoms with Crippen LogP contribution in [0.1, 0.15) is 16.5 Å². The van der Waals surface area contributed by atoms with E-state index in [4.69, 9.17) is 16.9 Å².